The van der Waals surface area contributed by atoms with Crippen LogP contribution in [0.4, 0.5) is 10.1 Å². The molecule has 4 nitrogen and oxygen atoms in total. The molecule has 0 aliphatic heterocycles. The minimum absolute atomic E-state index is 0.143. The summed E-state index contributed by atoms with van der Waals surface area (Å²) in [6, 6.07) is 3.14. The number of halogens is 5. The maximum atomic E-state index is 13.1. The molecule has 0 radical (unpaired) electrons. The second-order valence-electron chi connectivity index (χ2n) is 3.79. The number of hydrogen-bond acceptors (Lipinski definition) is 3. The Labute approximate surface area is 143 Å². The van der Waals surface area contributed by atoms with Gasteiger partial charge in [-0.3, -0.25) is 4.72 Å². The smallest absolute Gasteiger partial charge is 0.265 e. The van der Waals surface area contributed by atoms with Crippen molar-refractivity contribution in [2.75, 3.05) is 4.72 Å². The third-order valence-electron chi connectivity index (χ3n) is 2.31. The lowest BCUT2D eigenvalue weighted by molar-refractivity contribution is 0.600. The molecule has 0 atom stereocenters. The number of nitrogens with zero attached hydrogens (tertiary/aromatic N) is 1. The molecule has 10 heteroatoms. The van der Waals surface area contributed by atoms with Crippen LogP contribution < -0.4 is 4.72 Å². The van der Waals surface area contributed by atoms with E-state index in [0.717, 1.165) is 12.1 Å². The van der Waals surface area contributed by atoms with Crippen molar-refractivity contribution >= 4 is 66.4 Å². The summed E-state index contributed by atoms with van der Waals surface area (Å²) in [6.45, 7) is 0. The lowest BCUT2D eigenvalue weighted by Gasteiger charge is -2.12. The third kappa shape index (κ3) is 3.78. The molecular weight excluding hydrogens is 429 g/mol. The van der Waals surface area contributed by atoms with Crippen molar-refractivity contribution in [2.24, 2.45) is 0 Å². The van der Waals surface area contributed by atoms with Gasteiger partial charge in [0, 0.05) is 10.7 Å². The van der Waals surface area contributed by atoms with Gasteiger partial charge in [0.15, 0.2) is 0 Å². The van der Waals surface area contributed by atoms with E-state index < -0.39 is 15.8 Å². The minimum atomic E-state index is -4.09. The Morgan fingerprint density at radius 1 is 1.14 bits per heavy atom. The molecule has 0 fully saturated rings. The molecule has 0 saturated heterocycles. The van der Waals surface area contributed by atoms with Crippen molar-refractivity contribution in [3.8, 4) is 0 Å². The van der Waals surface area contributed by atoms with Crippen molar-refractivity contribution in [2.45, 2.75) is 4.90 Å². The molecule has 0 saturated carbocycles. The molecule has 0 amide bonds. The van der Waals surface area contributed by atoms with Crippen LogP contribution in [-0.2, 0) is 10.0 Å². The Balaban J connectivity index is 2.50. The van der Waals surface area contributed by atoms with Crippen LogP contribution in [0.1, 0.15) is 0 Å². The summed E-state index contributed by atoms with van der Waals surface area (Å²) in [7, 11) is -4.09. The largest absolute Gasteiger partial charge is 0.276 e. The highest BCUT2D eigenvalue weighted by molar-refractivity contribution is 9.10. The van der Waals surface area contributed by atoms with Gasteiger partial charge >= 0.3 is 0 Å². The molecular formula is C11H5BrCl3FN2O2S. The minimum Gasteiger partial charge on any atom is -0.276 e. The SMILES string of the molecule is O=S(=O)(Nc1c(Cl)cc(F)cc1Cl)c1cc(Br)cnc1Cl. The average Bonchev–Trinajstić information content (AvgIpc) is 2.36. The zero-order valence-electron chi connectivity index (χ0n) is 9.87. The number of sulfonamides is 1. The molecule has 1 aromatic carbocycles. The summed E-state index contributed by atoms with van der Waals surface area (Å²) in [4.78, 5) is 3.45. The summed E-state index contributed by atoms with van der Waals surface area (Å²) < 4.78 is 40.3. The quantitative estimate of drug-likeness (QED) is 0.710. The number of benzene rings is 1. The van der Waals surface area contributed by atoms with E-state index in [2.05, 4.69) is 25.6 Å². The van der Waals surface area contributed by atoms with E-state index in [1.54, 1.807) is 0 Å². The summed E-state index contributed by atoms with van der Waals surface area (Å²) in [5.41, 5.74) is -0.143. The Kier molecular flexibility index (Phi) is 4.99. The van der Waals surface area contributed by atoms with Crippen LogP contribution in [0, 0.1) is 5.82 Å². The van der Waals surface area contributed by atoms with Gasteiger partial charge in [-0.1, -0.05) is 34.8 Å². The van der Waals surface area contributed by atoms with Crippen molar-refractivity contribution in [3.05, 3.63) is 49.9 Å². The number of rotatable bonds is 3. The van der Waals surface area contributed by atoms with Crippen molar-refractivity contribution < 1.29 is 12.8 Å². The first-order valence-corrected chi connectivity index (χ1v) is 8.60. The van der Waals surface area contributed by atoms with Crippen LogP contribution >= 0.6 is 50.7 Å². The van der Waals surface area contributed by atoms with Crippen LogP contribution in [0.2, 0.25) is 15.2 Å². The first kappa shape index (κ1) is 16.8. The Morgan fingerprint density at radius 2 is 1.71 bits per heavy atom. The fraction of sp³-hybridized carbons (Fsp3) is 0. The Morgan fingerprint density at radius 3 is 2.29 bits per heavy atom. The third-order valence-corrected chi connectivity index (χ3v) is 5.11. The number of pyridine rings is 1. The van der Waals surface area contributed by atoms with Crippen molar-refractivity contribution in [1.29, 1.82) is 0 Å². The lowest BCUT2D eigenvalue weighted by atomic mass is 10.3. The molecule has 112 valence electrons. The topological polar surface area (TPSA) is 59.1 Å². The van der Waals surface area contributed by atoms with E-state index in [0.29, 0.717) is 4.47 Å². The van der Waals surface area contributed by atoms with Gasteiger partial charge in [0.2, 0.25) is 0 Å². The maximum absolute atomic E-state index is 13.1. The maximum Gasteiger partial charge on any atom is 0.265 e. The van der Waals surface area contributed by atoms with Crippen LogP contribution in [0.15, 0.2) is 33.8 Å². The highest BCUT2D eigenvalue weighted by Crippen LogP contribution is 2.34. The van der Waals surface area contributed by atoms with Gasteiger partial charge < -0.3 is 0 Å². The zero-order chi connectivity index (χ0) is 15.8. The molecule has 2 rings (SSSR count). The first-order chi connectivity index (χ1) is 9.70. The standard InChI is InChI=1S/C11H5BrCl3FN2O2S/c12-5-1-9(11(15)17-4-5)21(19,20)18-10-7(13)2-6(16)3-8(10)14/h1-4,18H. The van der Waals surface area contributed by atoms with Crippen LogP contribution in [0.5, 0.6) is 0 Å². The molecule has 0 unspecified atom stereocenters. The van der Waals surface area contributed by atoms with E-state index in [1.165, 1.54) is 12.3 Å². The fourth-order valence-electron chi connectivity index (χ4n) is 1.42. The van der Waals surface area contributed by atoms with E-state index in [1.807, 2.05) is 0 Å². The van der Waals surface area contributed by atoms with E-state index >= 15 is 0 Å². The number of nitrogens with one attached hydrogen (secondary N) is 1. The summed E-state index contributed by atoms with van der Waals surface area (Å²) >= 11 is 20.5. The molecule has 1 aromatic heterocycles. The lowest BCUT2D eigenvalue weighted by Crippen LogP contribution is -2.14. The predicted molar refractivity (Wildman–Crippen MR) is 84.2 cm³/mol. The van der Waals surface area contributed by atoms with E-state index in [-0.39, 0.29) is 25.8 Å². The van der Waals surface area contributed by atoms with Gasteiger partial charge in [-0.05, 0) is 34.1 Å². The predicted octanol–water partition coefficient (Wildman–Crippen LogP) is 4.74. The first-order valence-electron chi connectivity index (χ1n) is 5.19. The average molecular weight is 435 g/mol. The molecule has 1 heterocycles. The van der Waals surface area contributed by atoms with Gasteiger partial charge in [0.25, 0.3) is 10.0 Å². The monoisotopic (exact) mass is 432 g/mol. The Hall–Kier alpha value is -0.600. The zero-order valence-corrected chi connectivity index (χ0v) is 14.5. The summed E-state index contributed by atoms with van der Waals surface area (Å²) in [5, 5.41) is -0.578. The highest BCUT2D eigenvalue weighted by Gasteiger charge is 2.22. The van der Waals surface area contributed by atoms with Crippen LogP contribution in [0.3, 0.4) is 0 Å². The second kappa shape index (κ2) is 6.26. The summed E-state index contributed by atoms with van der Waals surface area (Å²) in [5.74, 6) is -0.685. The molecule has 2 aromatic rings. The molecule has 0 spiro atoms. The molecule has 1 N–H and O–H groups in total. The molecule has 0 aliphatic carbocycles. The van der Waals surface area contributed by atoms with Gasteiger partial charge in [-0.25, -0.2) is 17.8 Å². The van der Waals surface area contributed by atoms with Gasteiger partial charge in [-0.15, -0.1) is 0 Å². The number of aromatic nitrogens is 1. The number of anilines is 1. The van der Waals surface area contributed by atoms with Crippen molar-refractivity contribution in [3.63, 3.8) is 0 Å². The summed E-state index contributed by atoms with van der Waals surface area (Å²) in [6.07, 6.45) is 1.35. The molecule has 0 aliphatic rings. The highest BCUT2D eigenvalue weighted by atomic mass is 79.9. The molecule has 21 heavy (non-hydrogen) atoms. The van der Waals surface area contributed by atoms with Gasteiger partial charge in [0.05, 0.1) is 15.7 Å². The van der Waals surface area contributed by atoms with Gasteiger partial charge in [-0.2, -0.15) is 0 Å². The van der Waals surface area contributed by atoms with Gasteiger partial charge in [0.1, 0.15) is 15.9 Å². The normalized spacial score (nSPS) is 11.5. The van der Waals surface area contributed by atoms with E-state index in [4.69, 9.17) is 34.8 Å². The van der Waals surface area contributed by atoms with Crippen molar-refractivity contribution in [1.82, 2.24) is 4.98 Å². The van der Waals surface area contributed by atoms with Crippen LogP contribution in [-0.4, -0.2) is 13.4 Å². The second-order valence-corrected chi connectivity index (χ2v) is 7.53. The van der Waals surface area contributed by atoms with Crippen LogP contribution in [0.25, 0.3) is 0 Å². The number of hydrogen-bond donors (Lipinski definition) is 1. The fourth-order valence-corrected chi connectivity index (χ4v) is 4.13. The Bertz CT molecular complexity index is 794. The van der Waals surface area contributed by atoms with E-state index in [9.17, 15) is 12.8 Å². The molecule has 0 bridgehead atoms.